The topological polar surface area (TPSA) is 88.0 Å². The molecular weight excluding hydrogens is 476 g/mol. The monoisotopic (exact) mass is 501 g/mol. The lowest BCUT2D eigenvalue weighted by Gasteiger charge is -2.34. The zero-order chi connectivity index (χ0) is 25.7. The standard InChI is InChI=1S/C26H26BClFN7/c1-25(2,3)33-23-15(12-30)13-31-24-20(23)10-18(11-21(24)28)32-26(27,16-4-6-17(29)7-5-16)22-14-36(35-34-22)19-8-9-19/h4-7,10-11,13-14,19,32,34-35H,8-9H2,1-3H3,(H,31,33). The van der Waals surface area contributed by atoms with Crippen LogP contribution in [0.25, 0.3) is 10.9 Å². The van der Waals surface area contributed by atoms with E-state index in [1.807, 2.05) is 38.0 Å². The van der Waals surface area contributed by atoms with Crippen molar-refractivity contribution >= 4 is 41.7 Å². The van der Waals surface area contributed by atoms with Gasteiger partial charge in [0.25, 0.3) is 0 Å². The summed E-state index contributed by atoms with van der Waals surface area (Å²) in [6.07, 6.45) is 5.64. The van der Waals surface area contributed by atoms with Gasteiger partial charge in [0.1, 0.15) is 19.7 Å². The van der Waals surface area contributed by atoms with Gasteiger partial charge in [-0.15, -0.1) is 5.53 Å². The smallest absolute Gasteiger partial charge is 0.123 e. The van der Waals surface area contributed by atoms with Crippen molar-refractivity contribution in [1.82, 2.24) is 21.0 Å². The summed E-state index contributed by atoms with van der Waals surface area (Å²) in [5.74, 6) is -0.353. The van der Waals surface area contributed by atoms with Crippen LogP contribution in [0, 0.1) is 17.1 Å². The number of rotatable bonds is 6. The molecule has 0 amide bonds. The van der Waals surface area contributed by atoms with Crippen molar-refractivity contribution in [3.63, 3.8) is 0 Å². The maximum absolute atomic E-state index is 13.8. The maximum atomic E-state index is 13.8. The van der Waals surface area contributed by atoms with Crippen molar-refractivity contribution in [3.05, 3.63) is 76.5 Å². The number of anilines is 2. The lowest BCUT2D eigenvalue weighted by atomic mass is 9.69. The average molecular weight is 502 g/mol. The van der Waals surface area contributed by atoms with Gasteiger partial charge in [0.15, 0.2) is 0 Å². The predicted octanol–water partition coefficient (Wildman–Crippen LogP) is 4.87. The maximum Gasteiger partial charge on any atom is 0.123 e. The third-order valence-electron chi connectivity index (χ3n) is 6.14. The molecule has 3 aromatic rings. The summed E-state index contributed by atoms with van der Waals surface area (Å²) < 4.78 is 13.8. The fourth-order valence-electron chi connectivity index (χ4n) is 4.24. The van der Waals surface area contributed by atoms with E-state index in [9.17, 15) is 9.65 Å². The Kier molecular flexibility index (Phi) is 5.97. The SMILES string of the molecule is [B]C(Nc1cc(Cl)c2ncc(C#N)c(NC(C)(C)C)c2c1)(C1=CN(C2CC2)NN1)c1ccc(F)cc1. The van der Waals surface area contributed by atoms with Crippen molar-refractivity contribution in [2.45, 2.75) is 50.6 Å². The molecule has 1 saturated carbocycles. The lowest BCUT2D eigenvalue weighted by molar-refractivity contribution is 0.260. The van der Waals surface area contributed by atoms with Gasteiger partial charge in [-0.3, -0.25) is 9.99 Å². The van der Waals surface area contributed by atoms with Gasteiger partial charge in [0, 0.05) is 35.1 Å². The number of nitrogens with one attached hydrogen (secondary N) is 4. The van der Waals surface area contributed by atoms with E-state index in [0.717, 1.165) is 12.8 Å². The summed E-state index contributed by atoms with van der Waals surface area (Å²) in [6.45, 7) is 6.04. The first kappa shape index (κ1) is 24.2. The number of hydrogen-bond acceptors (Lipinski definition) is 7. The van der Waals surface area contributed by atoms with E-state index in [0.29, 0.717) is 50.2 Å². The van der Waals surface area contributed by atoms with Gasteiger partial charge < -0.3 is 16.1 Å². The zero-order valence-electron chi connectivity index (χ0n) is 20.3. The summed E-state index contributed by atoms with van der Waals surface area (Å²) in [7, 11) is 7.02. The molecule has 2 aliphatic rings. The Bertz CT molecular complexity index is 1390. The number of hydrogen-bond donors (Lipinski definition) is 4. The lowest BCUT2D eigenvalue weighted by Crippen LogP contribution is -2.45. The quantitative estimate of drug-likeness (QED) is 0.358. The van der Waals surface area contributed by atoms with Crippen LogP contribution in [-0.4, -0.2) is 29.4 Å². The largest absolute Gasteiger partial charge is 0.379 e. The van der Waals surface area contributed by atoms with Crippen LogP contribution in [0.15, 0.2) is 54.5 Å². The average Bonchev–Trinajstić information content (AvgIpc) is 3.55. The fourth-order valence-corrected chi connectivity index (χ4v) is 4.51. The number of fused-ring (bicyclic) bond motifs is 1. The second-order valence-corrected chi connectivity index (χ2v) is 10.7. The number of nitriles is 1. The molecule has 5 rings (SSSR count). The highest BCUT2D eigenvalue weighted by Crippen LogP contribution is 2.38. The second-order valence-electron chi connectivity index (χ2n) is 10.2. The number of hydrazine groups is 2. The van der Waals surface area contributed by atoms with Gasteiger partial charge in [-0.2, -0.15) is 5.26 Å². The number of halogens is 2. The molecular formula is C26H26BClFN7. The molecule has 1 atom stereocenters. The van der Waals surface area contributed by atoms with Crippen LogP contribution in [0.3, 0.4) is 0 Å². The van der Waals surface area contributed by atoms with Crippen LogP contribution in [0.1, 0.15) is 44.7 Å². The Morgan fingerprint density at radius 3 is 2.56 bits per heavy atom. The molecule has 1 fully saturated rings. The Hall–Kier alpha value is -3.48. The molecule has 1 aliphatic carbocycles. The molecule has 2 heterocycles. The van der Waals surface area contributed by atoms with Crippen molar-refractivity contribution < 1.29 is 4.39 Å². The van der Waals surface area contributed by atoms with Crippen LogP contribution in [-0.2, 0) is 5.44 Å². The molecule has 7 nitrogen and oxygen atoms in total. The van der Waals surface area contributed by atoms with Gasteiger partial charge in [-0.25, -0.2) is 4.39 Å². The first-order valence-electron chi connectivity index (χ1n) is 11.7. The minimum atomic E-state index is -1.25. The molecule has 0 saturated heterocycles. The van der Waals surface area contributed by atoms with Crippen molar-refractivity contribution in [2.75, 3.05) is 10.6 Å². The summed E-state index contributed by atoms with van der Waals surface area (Å²) >= 11 is 6.67. The summed E-state index contributed by atoms with van der Waals surface area (Å²) in [4.78, 5) is 4.43. The highest BCUT2D eigenvalue weighted by molar-refractivity contribution is 6.36. The van der Waals surface area contributed by atoms with E-state index in [-0.39, 0.29) is 11.4 Å². The van der Waals surface area contributed by atoms with Crippen LogP contribution < -0.4 is 21.6 Å². The van der Waals surface area contributed by atoms with E-state index >= 15 is 0 Å². The van der Waals surface area contributed by atoms with Gasteiger partial charge in [-0.1, -0.05) is 23.7 Å². The molecule has 4 N–H and O–H groups in total. The van der Waals surface area contributed by atoms with Crippen LogP contribution >= 0.6 is 11.6 Å². The van der Waals surface area contributed by atoms with E-state index in [2.05, 4.69) is 32.6 Å². The molecule has 0 spiro atoms. The van der Waals surface area contributed by atoms with E-state index < -0.39 is 5.44 Å². The third-order valence-corrected chi connectivity index (χ3v) is 6.43. The molecule has 182 valence electrons. The number of pyridine rings is 1. The minimum absolute atomic E-state index is 0.307. The molecule has 1 aromatic heterocycles. The zero-order valence-corrected chi connectivity index (χ0v) is 21.0. The Labute approximate surface area is 216 Å². The van der Waals surface area contributed by atoms with Crippen molar-refractivity contribution in [3.8, 4) is 6.07 Å². The van der Waals surface area contributed by atoms with Crippen molar-refractivity contribution in [2.24, 2.45) is 0 Å². The Morgan fingerprint density at radius 2 is 1.92 bits per heavy atom. The minimum Gasteiger partial charge on any atom is -0.379 e. The van der Waals surface area contributed by atoms with Gasteiger partial charge >= 0.3 is 0 Å². The Balaban J connectivity index is 1.62. The van der Waals surface area contributed by atoms with E-state index in [1.54, 1.807) is 18.2 Å². The number of nitrogens with zero attached hydrogens (tertiary/aromatic N) is 3. The highest BCUT2D eigenvalue weighted by atomic mass is 35.5. The molecule has 36 heavy (non-hydrogen) atoms. The van der Waals surface area contributed by atoms with E-state index in [4.69, 9.17) is 19.4 Å². The first-order chi connectivity index (χ1) is 17.1. The second kappa shape index (κ2) is 8.88. The van der Waals surface area contributed by atoms with Gasteiger partial charge in [0.05, 0.1) is 32.9 Å². The van der Waals surface area contributed by atoms with Crippen molar-refractivity contribution in [1.29, 1.82) is 5.26 Å². The normalized spacial score (nSPS) is 17.2. The molecule has 2 aromatic carbocycles. The van der Waals surface area contributed by atoms with E-state index in [1.165, 1.54) is 18.3 Å². The van der Waals surface area contributed by atoms with Crippen LogP contribution in [0.2, 0.25) is 5.02 Å². The molecule has 1 unspecified atom stereocenters. The molecule has 10 heteroatoms. The third kappa shape index (κ3) is 4.67. The molecule has 2 radical (unpaired) electrons. The van der Waals surface area contributed by atoms with Gasteiger partial charge in [-0.05, 0) is 63.4 Å². The van der Waals surface area contributed by atoms with Crippen LogP contribution in [0.5, 0.6) is 0 Å². The number of benzene rings is 2. The highest BCUT2D eigenvalue weighted by Gasteiger charge is 2.37. The summed E-state index contributed by atoms with van der Waals surface area (Å²) in [5.41, 5.74) is 8.30. The van der Waals surface area contributed by atoms with Crippen LogP contribution in [0.4, 0.5) is 15.8 Å². The fraction of sp³-hybridized carbons (Fsp3) is 0.308. The predicted molar refractivity (Wildman–Crippen MR) is 142 cm³/mol. The Morgan fingerprint density at radius 1 is 1.19 bits per heavy atom. The summed E-state index contributed by atoms with van der Waals surface area (Å²) in [6, 6.07) is 12.3. The van der Waals surface area contributed by atoms with Gasteiger partial charge in [0.2, 0.25) is 0 Å². The molecule has 0 bridgehead atoms. The summed E-state index contributed by atoms with van der Waals surface area (Å²) in [5, 5.41) is 19.6. The molecule has 1 aliphatic heterocycles. The number of aromatic nitrogens is 1. The first-order valence-corrected chi connectivity index (χ1v) is 12.1.